The summed E-state index contributed by atoms with van der Waals surface area (Å²) in [4.78, 5) is 4.74. The van der Waals surface area contributed by atoms with E-state index >= 15 is 0 Å². The summed E-state index contributed by atoms with van der Waals surface area (Å²) in [6.45, 7) is 8.61. The number of hydrogen-bond donors (Lipinski definition) is 0. The summed E-state index contributed by atoms with van der Waals surface area (Å²) in [6.07, 6.45) is 0. The fraction of sp³-hybridized carbons (Fsp3) is 0.200. The van der Waals surface area contributed by atoms with Crippen LogP contribution < -0.4 is 4.57 Å². The predicted octanol–water partition coefficient (Wildman–Crippen LogP) is 11.8. The van der Waals surface area contributed by atoms with Crippen molar-refractivity contribution in [2.45, 2.75) is 53.3 Å². The molecule has 0 saturated heterocycles. The van der Waals surface area contributed by atoms with Crippen molar-refractivity contribution in [2.75, 3.05) is 0 Å². The Morgan fingerprint density at radius 2 is 1.42 bits per heavy atom. The van der Waals surface area contributed by atoms with Gasteiger partial charge in [-0.1, -0.05) is 94.4 Å². The maximum Gasteiger partial charge on any atom is 0.299 e. The number of para-hydroxylation sites is 3. The van der Waals surface area contributed by atoms with Gasteiger partial charge in [-0.3, -0.25) is 0 Å². The number of rotatable bonds is 5. The van der Waals surface area contributed by atoms with E-state index in [2.05, 4.69) is 124 Å². The smallest absolute Gasteiger partial charge is 0.299 e. The Morgan fingerprint density at radius 1 is 0.720 bits per heavy atom. The molecule has 4 heterocycles. The Balaban J connectivity index is 1.45. The highest BCUT2D eigenvalue weighted by Crippen LogP contribution is 2.45. The second kappa shape index (κ2) is 11.2. The number of fused-ring (bicyclic) bond motifs is 8. The highest BCUT2D eigenvalue weighted by Gasteiger charge is 2.34. The second-order valence-corrected chi connectivity index (χ2v) is 14.1. The Bertz CT molecular complexity index is 2880. The van der Waals surface area contributed by atoms with Crippen LogP contribution in [0.2, 0.25) is 0 Å². The molecule has 0 aliphatic carbocycles. The molecule has 5 aromatic carbocycles. The highest BCUT2D eigenvalue weighted by atomic mass is 16.3. The van der Waals surface area contributed by atoms with Gasteiger partial charge in [0.15, 0.2) is 27.8 Å². The number of furan rings is 2. The molecule has 0 saturated carbocycles. The molecule has 0 unspecified atom stereocenters. The quantitative estimate of drug-likeness (QED) is 0.173. The highest BCUT2D eigenvalue weighted by molar-refractivity contribution is 6.22. The molecule has 9 rings (SSSR count). The van der Waals surface area contributed by atoms with Gasteiger partial charge in [-0.2, -0.15) is 4.57 Å². The summed E-state index contributed by atoms with van der Waals surface area (Å²) in [6, 6.07) is 35.5. The largest absolute Gasteiger partial charge is 0.454 e. The number of benzene rings is 5. The molecule has 0 atom stereocenters. The van der Waals surface area contributed by atoms with E-state index in [0.717, 1.165) is 44.4 Å². The Morgan fingerprint density at radius 3 is 2.16 bits per heavy atom. The van der Waals surface area contributed by atoms with E-state index in [1.807, 2.05) is 30.3 Å². The number of imidazole rings is 1. The minimum Gasteiger partial charge on any atom is -0.454 e. The number of nitrogens with zero attached hydrogens (tertiary/aromatic N) is 3. The Kier molecular flexibility index (Phi) is 6.07. The molecule has 0 aliphatic heterocycles. The summed E-state index contributed by atoms with van der Waals surface area (Å²) >= 11 is 0. The van der Waals surface area contributed by atoms with Crippen molar-refractivity contribution < 1.29 is 17.5 Å². The Hall–Kier alpha value is -5.68. The number of hydrogen-bond acceptors (Lipinski definition) is 3. The van der Waals surface area contributed by atoms with E-state index < -0.39 is 6.85 Å². The molecular weight excluding hydrogens is 615 g/mol. The van der Waals surface area contributed by atoms with E-state index in [4.69, 9.17) is 17.9 Å². The van der Waals surface area contributed by atoms with E-state index in [1.165, 1.54) is 22.3 Å². The molecule has 0 N–H and O–H groups in total. The molecule has 0 fully saturated rings. The van der Waals surface area contributed by atoms with Gasteiger partial charge in [-0.25, -0.2) is 9.55 Å². The maximum atomic E-state index is 8.56. The van der Waals surface area contributed by atoms with Gasteiger partial charge in [0.1, 0.15) is 22.4 Å². The van der Waals surface area contributed by atoms with Gasteiger partial charge < -0.3 is 8.83 Å². The van der Waals surface area contributed by atoms with Crippen LogP contribution in [-0.4, -0.2) is 9.55 Å². The third kappa shape index (κ3) is 4.32. The van der Waals surface area contributed by atoms with Crippen molar-refractivity contribution in [3.63, 3.8) is 0 Å². The van der Waals surface area contributed by atoms with Crippen LogP contribution in [0.1, 0.15) is 66.0 Å². The van der Waals surface area contributed by atoms with Crippen molar-refractivity contribution in [1.29, 1.82) is 0 Å². The molecule has 9 aromatic rings. The first-order valence-corrected chi connectivity index (χ1v) is 17.3. The lowest BCUT2D eigenvalue weighted by Gasteiger charge is -2.21. The molecule has 5 nitrogen and oxygen atoms in total. The lowest BCUT2D eigenvalue weighted by atomic mass is 9.88. The van der Waals surface area contributed by atoms with Crippen LogP contribution in [0.25, 0.3) is 83.2 Å². The van der Waals surface area contributed by atoms with Crippen LogP contribution in [0.15, 0.2) is 112 Å². The summed E-state index contributed by atoms with van der Waals surface area (Å²) in [5, 5.41) is 2.17. The lowest BCUT2D eigenvalue weighted by molar-refractivity contribution is -0.633. The summed E-state index contributed by atoms with van der Waals surface area (Å²) in [5.74, 6) is 1.36. The van der Waals surface area contributed by atoms with Crippen LogP contribution in [-0.2, 0) is 7.05 Å². The maximum absolute atomic E-state index is 8.56. The number of aryl methyl sites for hydroxylation is 3. The fourth-order valence-corrected chi connectivity index (χ4v) is 7.84. The molecule has 0 amide bonds. The molecule has 4 aromatic heterocycles. The minimum absolute atomic E-state index is 0.0723. The van der Waals surface area contributed by atoms with Crippen LogP contribution >= 0.6 is 0 Å². The van der Waals surface area contributed by atoms with Crippen molar-refractivity contribution in [1.82, 2.24) is 9.55 Å². The van der Waals surface area contributed by atoms with E-state index in [1.54, 1.807) is 0 Å². The second-order valence-electron chi connectivity index (χ2n) is 14.1. The van der Waals surface area contributed by atoms with E-state index in [0.29, 0.717) is 27.7 Å². The molecule has 246 valence electrons. The number of aromatic nitrogens is 3. The first kappa shape index (κ1) is 27.2. The van der Waals surface area contributed by atoms with Crippen molar-refractivity contribution in [2.24, 2.45) is 7.05 Å². The van der Waals surface area contributed by atoms with Gasteiger partial charge in [0.2, 0.25) is 0 Å². The minimum atomic E-state index is -2.52. The lowest BCUT2D eigenvalue weighted by Crippen LogP contribution is -2.30. The van der Waals surface area contributed by atoms with Gasteiger partial charge in [0.05, 0.1) is 18.1 Å². The fourth-order valence-electron chi connectivity index (χ4n) is 7.84. The van der Waals surface area contributed by atoms with Gasteiger partial charge in [0.25, 0.3) is 5.82 Å². The van der Waals surface area contributed by atoms with Gasteiger partial charge in [-0.05, 0) is 78.7 Å². The van der Waals surface area contributed by atoms with E-state index in [9.17, 15) is 0 Å². The molecule has 0 bridgehead atoms. The van der Waals surface area contributed by atoms with Crippen molar-refractivity contribution in [3.8, 4) is 28.2 Å². The number of pyridine rings is 1. The normalized spacial score (nSPS) is 13.4. The van der Waals surface area contributed by atoms with Gasteiger partial charge in [0, 0.05) is 26.0 Å². The summed E-state index contributed by atoms with van der Waals surface area (Å²) in [7, 11) is 2.10. The monoisotopic (exact) mass is 657 g/mol. The molecule has 0 spiro atoms. The molecular formula is C45H40N3O2+. The topological polar surface area (TPSA) is 48.0 Å². The standard InChI is InChI=1S/C45H40N3O2/c1-25(2)33-23-30(29-15-9-8-10-16-29)24-34(26(3)4)41(33)48-36-19-13-12-18-35(36)47(7)45(48)38-27(5)21-22-32-39-42(50-43(32)38)28(6)46-40-31-17-11-14-20-37(31)49-44(39)40/h8-26H,1-7H3/q+1/i6D3. The summed E-state index contributed by atoms with van der Waals surface area (Å²) < 4.78 is 43.6. The third-order valence-electron chi connectivity index (χ3n) is 10.3. The zero-order chi connectivity index (χ0) is 36.9. The molecule has 0 radical (unpaired) electrons. The molecule has 0 aliphatic rings. The van der Waals surface area contributed by atoms with Gasteiger partial charge in [-0.15, -0.1) is 0 Å². The zero-order valence-corrected chi connectivity index (χ0v) is 29.1. The van der Waals surface area contributed by atoms with Crippen molar-refractivity contribution >= 4 is 55.0 Å². The SMILES string of the molecule is [2H]C([2H])([2H])c1nc2c3ccccc3oc2c2c1oc1c(-c3n(-c4c(C(C)C)cc(-c5ccccc5)cc4C(C)C)c4ccccc4[n+]3C)c(C)ccc12. The first-order valence-electron chi connectivity index (χ1n) is 18.8. The predicted molar refractivity (Wildman–Crippen MR) is 205 cm³/mol. The van der Waals surface area contributed by atoms with E-state index in [-0.39, 0.29) is 23.1 Å². The first-order chi connectivity index (χ1) is 25.4. The van der Waals surface area contributed by atoms with Crippen molar-refractivity contribution in [3.05, 3.63) is 126 Å². The van der Waals surface area contributed by atoms with Crippen LogP contribution in [0, 0.1) is 13.8 Å². The van der Waals surface area contributed by atoms with Gasteiger partial charge >= 0.3 is 0 Å². The van der Waals surface area contributed by atoms with Crippen LogP contribution in [0.3, 0.4) is 0 Å². The molecule has 5 heteroatoms. The average Bonchev–Trinajstić information content (AvgIpc) is 3.80. The van der Waals surface area contributed by atoms with Crippen LogP contribution in [0.4, 0.5) is 0 Å². The summed E-state index contributed by atoms with van der Waals surface area (Å²) in [5.41, 5.74) is 12.5. The third-order valence-corrected chi connectivity index (χ3v) is 10.3. The Labute approximate surface area is 295 Å². The molecule has 50 heavy (non-hydrogen) atoms. The average molecular weight is 658 g/mol. The zero-order valence-electron chi connectivity index (χ0n) is 32.1. The van der Waals surface area contributed by atoms with Crippen LogP contribution in [0.5, 0.6) is 0 Å².